The monoisotopic (exact) mass is 504 g/mol. The largest absolute Gasteiger partial charge is 0.435 e. The van der Waals surface area contributed by atoms with Crippen LogP contribution in [0.15, 0.2) is 42.9 Å². The van der Waals surface area contributed by atoms with Crippen LogP contribution >= 0.6 is 11.6 Å². The molecule has 0 aliphatic heterocycles. The van der Waals surface area contributed by atoms with Gasteiger partial charge in [0.15, 0.2) is 5.82 Å². The Hall–Kier alpha value is -3.21. The Balaban J connectivity index is 1.65. The number of alkyl halides is 2. The summed E-state index contributed by atoms with van der Waals surface area (Å²) in [7, 11) is 0. The van der Waals surface area contributed by atoms with Crippen molar-refractivity contribution in [1.82, 2.24) is 19.4 Å². The summed E-state index contributed by atoms with van der Waals surface area (Å²) in [5.74, 6) is -1.06. The minimum Gasteiger partial charge on any atom is -0.435 e. The van der Waals surface area contributed by atoms with Gasteiger partial charge in [0.05, 0.1) is 17.5 Å². The highest BCUT2D eigenvalue weighted by Crippen LogP contribution is 2.47. The highest BCUT2D eigenvalue weighted by molar-refractivity contribution is 6.30. The number of rotatable bonds is 5. The van der Waals surface area contributed by atoms with Crippen molar-refractivity contribution in [3.8, 4) is 16.9 Å². The van der Waals surface area contributed by atoms with Gasteiger partial charge in [0.25, 0.3) is 0 Å². The van der Waals surface area contributed by atoms with Crippen LogP contribution in [0.25, 0.3) is 16.8 Å². The van der Waals surface area contributed by atoms with Gasteiger partial charge in [-0.25, -0.2) is 19.3 Å². The van der Waals surface area contributed by atoms with E-state index in [2.05, 4.69) is 15.0 Å². The van der Waals surface area contributed by atoms with E-state index in [1.54, 1.807) is 4.40 Å². The summed E-state index contributed by atoms with van der Waals surface area (Å²) in [5.41, 5.74) is 0.709. The lowest BCUT2D eigenvalue weighted by Crippen LogP contribution is -2.19. The van der Waals surface area contributed by atoms with Crippen molar-refractivity contribution in [2.45, 2.75) is 44.5 Å². The van der Waals surface area contributed by atoms with E-state index in [1.807, 2.05) is 0 Å². The molecule has 0 amide bonds. The van der Waals surface area contributed by atoms with Gasteiger partial charge in [-0.2, -0.15) is 8.78 Å². The third kappa shape index (κ3) is 4.22. The number of benzene rings is 1. The van der Waals surface area contributed by atoms with Gasteiger partial charge in [-0.05, 0) is 38.5 Å². The lowest BCUT2D eigenvalue weighted by molar-refractivity contribution is -0.0506. The summed E-state index contributed by atoms with van der Waals surface area (Å²) in [6, 6.07) is 5.52. The molecule has 2 N–H and O–H groups in total. The first-order valence-corrected chi connectivity index (χ1v) is 11.1. The zero-order chi connectivity index (χ0) is 25.1. The van der Waals surface area contributed by atoms with Gasteiger partial charge < -0.3 is 19.4 Å². The van der Waals surface area contributed by atoms with Crippen LogP contribution in [0.1, 0.15) is 55.1 Å². The second kappa shape index (κ2) is 8.47. The number of aliphatic hydroxyl groups is 2. The van der Waals surface area contributed by atoms with E-state index in [1.165, 1.54) is 56.7 Å². The van der Waals surface area contributed by atoms with E-state index in [9.17, 15) is 19.0 Å². The number of aliphatic hydroxyl groups excluding tert-OH is 1. The molecule has 1 aromatic carbocycles. The second-order valence-corrected chi connectivity index (χ2v) is 9.30. The Morgan fingerprint density at radius 2 is 1.91 bits per heavy atom. The van der Waals surface area contributed by atoms with Crippen molar-refractivity contribution in [2.75, 3.05) is 0 Å². The number of hydrogen-bond donors (Lipinski definition) is 2. The molecule has 4 aromatic rings. The molecule has 0 saturated carbocycles. The maximum Gasteiger partial charge on any atom is 0.387 e. The number of ether oxygens (including phenoxy) is 1. The predicted molar refractivity (Wildman–Crippen MR) is 121 cm³/mol. The van der Waals surface area contributed by atoms with Crippen LogP contribution in [0, 0.1) is 5.82 Å². The summed E-state index contributed by atoms with van der Waals surface area (Å²) in [5, 5.41) is 21.1. The van der Waals surface area contributed by atoms with Gasteiger partial charge in [-0.3, -0.25) is 0 Å². The van der Waals surface area contributed by atoms with Crippen LogP contribution in [0.2, 0.25) is 5.02 Å². The molecule has 3 heterocycles. The molecule has 5 rings (SSSR count). The zero-order valence-corrected chi connectivity index (χ0v) is 19.3. The van der Waals surface area contributed by atoms with Gasteiger partial charge in [0, 0.05) is 52.3 Å². The second-order valence-electron chi connectivity index (χ2n) is 8.86. The number of hydrogen-bond acceptors (Lipinski definition) is 6. The first-order valence-electron chi connectivity index (χ1n) is 10.7. The molecule has 0 spiro atoms. The topological polar surface area (TPSA) is 92.8 Å². The van der Waals surface area contributed by atoms with Crippen molar-refractivity contribution < 1.29 is 28.1 Å². The molecule has 0 radical (unpaired) electrons. The molecule has 1 aliphatic rings. The standard InChI is InChI=1S/C24H20ClF3N4O3/c1-24(2,34)22-29-8-11(9-30-22)15-10-32-19(7-16(15)26)31-20-17(33)6-14(21(20)32)13-5-12(25)3-4-18(13)35-23(27)28/h3-5,7-10,14,17,23,33-34H,6H2,1-2H3/t14-,17-/m0/s1. The SMILES string of the molecule is CC(C)(O)c1ncc(-c2cn3c4c(nc3cc2F)[C@@H](O)C[C@H]4c2cc(Cl)ccc2OC(F)F)cn1. The first kappa shape index (κ1) is 23.5. The normalized spacial score (nSPS) is 17.9. The van der Waals surface area contributed by atoms with Crippen LogP contribution in [-0.2, 0) is 5.60 Å². The summed E-state index contributed by atoms with van der Waals surface area (Å²) in [6.45, 7) is 0.0310. The Bertz CT molecular complexity index is 1420. The summed E-state index contributed by atoms with van der Waals surface area (Å²) in [6.07, 6.45) is 3.48. The van der Waals surface area contributed by atoms with Gasteiger partial charge >= 0.3 is 6.61 Å². The predicted octanol–water partition coefficient (Wildman–Crippen LogP) is 4.98. The summed E-state index contributed by atoms with van der Waals surface area (Å²) < 4.78 is 47.5. The zero-order valence-electron chi connectivity index (χ0n) is 18.6. The number of aromatic nitrogens is 4. The molecular weight excluding hydrogens is 485 g/mol. The van der Waals surface area contributed by atoms with E-state index in [0.29, 0.717) is 27.5 Å². The Morgan fingerprint density at radius 1 is 1.20 bits per heavy atom. The maximum absolute atomic E-state index is 15.0. The molecule has 3 aromatic heterocycles. The molecular formula is C24H20ClF3N4O3. The maximum atomic E-state index is 15.0. The Kier molecular flexibility index (Phi) is 5.70. The Morgan fingerprint density at radius 3 is 2.57 bits per heavy atom. The highest BCUT2D eigenvalue weighted by Gasteiger charge is 2.38. The van der Waals surface area contributed by atoms with Crippen LogP contribution in [0.4, 0.5) is 13.2 Å². The number of halogens is 4. The van der Waals surface area contributed by atoms with Crippen molar-refractivity contribution in [2.24, 2.45) is 0 Å². The molecule has 2 atom stereocenters. The van der Waals surface area contributed by atoms with E-state index in [-0.39, 0.29) is 29.2 Å². The first-order chi connectivity index (χ1) is 16.5. The van der Waals surface area contributed by atoms with Crippen LogP contribution in [0.3, 0.4) is 0 Å². The summed E-state index contributed by atoms with van der Waals surface area (Å²) in [4.78, 5) is 12.7. The lowest BCUT2D eigenvalue weighted by atomic mass is 9.95. The van der Waals surface area contributed by atoms with E-state index < -0.39 is 30.1 Å². The van der Waals surface area contributed by atoms with Crippen LogP contribution in [-0.4, -0.2) is 36.2 Å². The van der Waals surface area contributed by atoms with E-state index in [4.69, 9.17) is 16.3 Å². The van der Waals surface area contributed by atoms with Gasteiger partial charge in [0.1, 0.15) is 22.8 Å². The average Bonchev–Trinajstić information content (AvgIpc) is 3.30. The lowest BCUT2D eigenvalue weighted by Gasteiger charge is -2.18. The van der Waals surface area contributed by atoms with E-state index in [0.717, 1.165) is 0 Å². The third-order valence-corrected chi connectivity index (χ3v) is 6.19. The molecule has 182 valence electrons. The van der Waals surface area contributed by atoms with Gasteiger partial charge in [-0.1, -0.05) is 11.6 Å². The van der Waals surface area contributed by atoms with Gasteiger partial charge in [-0.15, -0.1) is 0 Å². The van der Waals surface area contributed by atoms with E-state index >= 15 is 4.39 Å². The molecule has 0 unspecified atom stereocenters. The fourth-order valence-corrected chi connectivity index (χ4v) is 4.58. The average molecular weight is 505 g/mol. The molecule has 7 nitrogen and oxygen atoms in total. The molecule has 0 fully saturated rings. The van der Waals surface area contributed by atoms with Gasteiger partial charge in [0.2, 0.25) is 0 Å². The van der Waals surface area contributed by atoms with Crippen molar-refractivity contribution in [1.29, 1.82) is 0 Å². The summed E-state index contributed by atoms with van der Waals surface area (Å²) >= 11 is 6.15. The molecule has 35 heavy (non-hydrogen) atoms. The van der Waals surface area contributed by atoms with Crippen molar-refractivity contribution >= 4 is 17.2 Å². The fraction of sp³-hybridized carbons (Fsp3) is 0.292. The minimum absolute atomic E-state index is 0.0673. The molecule has 1 aliphatic carbocycles. The molecule has 0 bridgehead atoms. The fourth-order valence-electron chi connectivity index (χ4n) is 4.40. The molecule has 0 saturated heterocycles. The van der Waals surface area contributed by atoms with Crippen molar-refractivity contribution in [3.05, 3.63) is 76.5 Å². The quantitative estimate of drug-likeness (QED) is 0.398. The number of fused-ring (bicyclic) bond motifs is 3. The van der Waals surface area contributed by atoms with Crippen LogP contribution in [0.5, 0.6) is 5.75 Å². The number of imidazole rings is 1. The smallest absolute Gasteiger partial charge is 0.387 e. The highest BCUT2D eigenvalue weighted by atomic mass is 35.5. The Labute approximate surface area is 202 Å². The van der Waals surface area contributed by atoms with Crippen LogP contribution < -0.4 is 4.74 Å². The number of pyridine rings is 1. The third-order valence-electron chi connectivity index (χ3n) is 5.95. The number of nitrogens with zero attached hydrogens (tertiary/aromatic N) is 4. The minimum atomic E-state index is -3.05. The molecule has 11 heteroatoms. The van der Waals surface area contributed by atoms with Crippen molar-refractivity contribution in [3.63, 3.8) is 0 Å².